The van der Waals surface area contributed by atoms with Crippen molar-refractivity contribution >= 4 is 11.7 Å². The molecule has 0 radical (unpaired) electrons. The van der Waals surface area contributed by atoms with Gasteiger partial charge in [0.05, 0.1) is 12.1 Å². The van der Waals surface area contributed by atoms with Crippen LogP contribution in [0, 0.1) is 6.92 Å². The van der Waals surface area contributed by atoms with Gasteiger partial charge in [0, 0.05) is 5.69 Å². The van der Waals surface area contributed by atoms with Gasteiger partial charge in [-0.3, -0.25) is 0 Å². The van der Waals surface area contributed by atoms with E-state index in [-0.39, 0.29) is 12.1 Å². The lowest BCUT2D eigenvalue weighted by Gasteiger charge is -2.28. The van der Waals surface area contributed by atoms with E-state index in [2.05, 4.69) is 10.6 Å². The first kappa shape index (κ1) is 12.9. The Balaban J connectivity index is 1.86. The Morgan fingerprint density at radius 3 is 2.56 bits per heavy atom. The zero-order valence-corrected chi connectivity index (χ0v) is 10.6. The molecule has 0 unspecified atom stereocenters. The fourth-order valence-corrected chi connectivity index (χ4v) is 2.25. The maximum atomic E-state index is 11.8. The second kappa shape index (κ2) is 5.87. The molecule has 1 saturated carbocycles. The van der Waals surface area contributed by atoms with Gasteiger partial charge in [-0.1, -0.05) is 30.5 Å². The van der Waals surface area contributed by atoms with Crippen LogP contribution in [0.2, 0.25) is 0 Å². The molecule has 0 spiro atoms. The number of urea groups is 1. The Labute approximate surface area is 107 Å². The van der Waals surface area contributed by atoms with Gasteiger partial charge in [-0.25, -0.2) is 4.79 Å². The van der Waals surface area contributed by atoms with Gasteiger partial charge in [0.15, 0.2) is 0 Å². The smallest absolute Gasteiger partial charge is 0.319 e. The number of hydrogen-bond donors (Lipinski definition) is 3. The van der Waals surface area contributed by atoms with Crippen LogP contribution in [0.1, 0.15) is 31.2 Å². The predicted molar refractivity (Wildman–Crippen MR) is 71.6 cm³/mol. The normalized spacial score (nSPS) is 23.4. The van der Waals surface area contributed by atoms with Crippen molar-refractivity contribution in [3.8, 4) is 0 Å². The van der Waals surface area contributed by atoms with Crippen LogP contribution in [0.3, 0.4) is 0 Å². The standard InChI is InChI=1S/C14H20N2O2/c1-10-6-8-11(9-7-10)15-14(18)16-12-4-2-3-5-13(12)17/h6-9,12-13,17H,2-5H2,1H3,(H2,15,16,18)/t12-,13-/m1/s1. The van der Waals surface area contributed by atoms with E-state index in [0.717, 1.165) is 36.9 Å². The number of rotatable bonds is 2. The average molecular weight is 248 g/mol. The average Bonchev–Trinajstić information content (AvgIpc) is 2.35. The highest BCUT2D eigenvalue weighted by molar-refractivity contribution is 5.89. The van der Waals surface area contributed by atoms with Gasteiger partial charge in [-0.15, -0.1) is 0 Å². The molecule has 1 aliphatic carbocycles. The zero-order chi connectivity index (χ0) is 13.0. The molecule has 1 aromatic carbocycles. The van der Waals surface area contributed by atoms with Crippen molar-refractivity contribution in [2.75, 3.05) is 5.32 Å². The Bertz CT molecular complexity index is 403. The minimum atomic E-state index is -0.414. The number of benzene rings is 1. The molecule has 0 aliphatic heterocycles. The third-order valence-electron chi connectivity index (χ3n) is 3.36. The molecule has 1 aromatic rings. The number of carbonyl (C=O) groups is 1. The third-order valence-corrected chi connectivity index (χ3v) is 3.36. The van der Waals surface area contributed by atoms with E-state index < -0.39 is 6.10 Å². The summed E-state index contributed by atoms with van der Waals surface area (Å²) in [5.74, 6) is 0. The molecule has 98 valence electrons. The highest BCUT2D eigenvalue weighted by Gasteiger charge is 2.24. The lowest BCUT2D eigenvalue weighted by atomic mass is 9.93. The molecule has 3 N–H and O–H groups in total. The number of amides is 2. The molecule has 0 saturated heterocycles. The third kappa shape index (κ3) is 3.47. The van der Waals surface area contributed by atoms with Crippen LogP contribution in [0.25, 0.3) is 0 Å². The Morgan fingerprint density at radius 2 is 1.89 bits per heavy atom. The molecule has 2 amide bonds. The zero-order valence-electron chi connectivity index (χ0n) is 10.6. The van der Waals surface area contributed by atoms with Crippen LogP contribution in [-0.2, 0) is 0 Å². The number of aryl methyl sites for hydroxylation is 1. The van der Waals surface area contributed by atoms with E-state index in [4.69, 9.17) is 0 Å². The number of aliphatic hydroxyl groups excluding tert-OH is 1. The summed E-state index contributed by atoms with van der Waals surface area (Å²) in [4.78, 5) is 11.8. The van der Waals surface area contributed by atoms with Crippen LogP contribution in [0.5, 0.6) is 0 Å². The number of anilines is 1. The van der Waals surface area contributed by atoms with Crippen LogP contribution < -0.4 is 10.6 Å². The molecule has 4 heteroatoms. The van der Waals surface area contributed by atoms with Gasteiger partial charge in [0.2, 0.25) is 0 Å². The molecule has 0 bridgehead atoms. The second-order valence-electron chi connectivity index (χ2n) is 4.92. The van der Waals surface area contributed by atoms with E-state index in [1.807, 2.05) is 31.2 Å². The summed E-state index contributed by atoms with van der Waals surface area (Å²) in [6.45, 7) is 2.00. The van der Waals surface area contributed by atoms with E-state index in [0.29, 0.717) is 0 Å². The second-order valence-corrected chi connectivity index (χ2v) is 4.92. The largest absolute Gasteiger partial charge is 0.391 e. The monoisotopic (exact) mass is 248 g/mol. The van der Waals surface area contributed by atoms with Crippen molar-refractivity contribution < 1.29 is 9.90 Å². The summed E-state index contributed by atoms with van der Waals surface area (Å²) in [5.41, 5.74) is 1.92. The summed E-state index contributed by atoms with van der Waals surface area (Å²) < 4.78 is 0. The van der Waals surface area contributed by atoms with Crippen LogP contribution in [0.15, 0.2) is 24.3 Å². The van der Waals surface area contributed by atoms with E-state index in [1.54, 1.807) is 0 Å². The molecule has 2 atom stereocenters. The van der Waals surface area contributed by atoms with Crippen molar-refractivity contribution in [2.24, 2.45) is 0 Å². The maximum absolute atomic E-state index is 11.8. The lowest BCUT2D eigenvalue weighted by molar-refractivity contribution is 0.0955. The number of hydrogen-bond acceptors (Lipinski definition) is 2. The Hall–Kier alpha value is -1.55. The summed E-state index contributed by atoms with van der Waals surface area (Å²) in [6, 6.07) is 7.27. The quantitative estimate of drug-likeness (QED) is 0.752. The predicted octanol–water partition coefficient (Wildman–Crippen LogP) is 2.42. The molecular weight excluding hydrogens is 228 g/mol. The molecule has 1 aliphatic rings. The lowest BCUT2D eigenvalue weighted by Crippen LogP contribution is -2.46. The van der Waals surface area contributed by atoms with Gasteiger partial charge in [-0.05, 0) is 31.9 Å². The van der Waals surface area contributed by atoms with Crippen molar-refractivity contribution in [3.63, 3.8) is 0 Å². The van der Waals surface area contributed by atoms with Crippen molar-refractivity contribution in [1.29, 1.82) is 0 Å². The number of carbonyl (C=O) groups excluding carboxylic acids is 1. The summed E-state index contributed by atoms with van der Waals surface area (Å²) in [7, 11) is 0. The summed E-state index contributed by atoms with van der Waals surface area (Å²) >= 11 is 0. The molecular formula is C14H20N2O2. The van der Waals surface area contributed by atoms with Crippen molar-refractivity contribution in [3.05, 3.63) is 29.8 Å². The van der Waals surface area contributed by atoms with Crippen molar-refractivity contribution in [1.82, 2.24) is 5.32 Å². The van der Waals surface area contributed by atoms with Crippen molar-refractivity contribution in [2.45, 2.75) is 44.8 Å². The highest BCUT2D eigenvalue weighted by Crippen LogP contribution is 2.18. The maximum Gasteiger partial charge on any atom is 0.319 e. The fraction of sp³-hybridized carbons (Fsp3) is 0.500. The molecule has 4 nitrogen and oxygen atoms in total. The van der Waals surface area contributed by atoms with Crippen LogP contribution >= 0.6 is 0 Å². The molecule has 0 heterocycles. The van der Waals surface area contributed by atoms with Crippen LogP contribution in [-0.4, -0.2) is 23.3 Å². The number of nitrogens with one attached hydrogen (secondary N) is 2. The first-order valence-corrected chi connectivity index (χ1v) is 6.47. The summed E-state index contributed by atoms with van der Waals surface area (Å²) in [6.07, 6.45) is 3.31. The first-order valence-electron chi connectivity index (χ1n) is 6.47. The van der Waals surface area contributed by atoms with E-state index in [9.17, 15) is 9.90 Å². The fourth-order valence-electron chi connectivity index (χ4n) is 2.25. The topological polar surface area (TPSA) is 61.4 Å². The van der Waals surface area contributed by atoms with E-state index in [1.165, 1.54) is 0 Å². The van der Waals surface area contributed by atoms with Gasteiger partial charge >= 0.3 is 6.03 Å². The SMILES string of the molecule is Cc1ccc(NC(=O)N[C@@H]2CCCC[C@H]2O)cc1. The number of aliphatic hydroxyl groups is 1. The summed E-state index contributed by atoms with van der Waals surface area (Å²) in [5, 5.41) is 15.4. The first-order chi connectivity index (χ1) is 8.65. The molecule has 0 aromatic heterocycles. The minimum absolute atomic E-state index is 0.121. The Morgan fingerprint density at radius 1 is 1.22 bits per heavy atom. The minimum Gasteiger partial charge on any atom is -0.391 e. The van der Waals surface area contributed by atoms with Gasteiger partial charge < -0.3 is 15.7 Å². The molecule has 1 fully saturated rings. The van der Waals surface area contributed by atoms with E-state index >= 15 is 0 Å². The Kier molecular flexibility index (Phi) is 4.20. The highest BCUT2D eigenvalue weighted by atomic mass is 16.3. The molecule has 2 rings (SSSR count). The van der Waals surface area contributed by atoms with Gasteiger partial charge in [-0.2, -0.15) is 0 Å². The molecule has 18 heavy (non-hydrogen) atoms. The van der Waals surface area contributed by atoms with Gasteiger partial charge in [0.25, 0.3) is 0 Å². The van der Waals surface area contributed by atoms with Gasteiger partial charge in [0.1, 0.15) is 0 Å². The van der Waals surface area contributed by atoms with Crippen LogP contribution in [0.4, 0.5) is 10.5 Å².